The summed E-state index contributed by atoms with van der Waals surface area (Å²) < 4.78 is 0. The molecule has 1 aromatic carbocycles. The van der Waals surface area contributed by atoms with Crippen molar-refractivity contribution in [3.63, 3.8) is 0 Å². The molecule has 16 heavy (non-hydrogen) atoms. The lowest BCUT2D eigenvalue weighted by Crippen LogP contribution is -2.25. The summed E-state index contributed by atoms with van der Waals surface area (Å²) in [5.41, 5.74) is 1.54. The van der Waals surface area contributed by atoms with Gasteiger partial charge in [-0.15, -0.1) is 0 Å². The van der Waals surface area contributed by atoms with Crippen LogP contribution in [0.1, 0.15) is 5.56 Å². The van der Waals surface area contributed by atoms with Gasteiger partial charge in [-0.1, -0.05) is 28.4 Å². The number of fused-ring (bicyclic) bond motifs is 1. The van der Waals surface area contributed by atoms with E-state index in [4.69, 9.17) is 23.2 Å². The molecule has 1 heterocycles. The van der Waals surface area contributed by atoms with E-state index in [-0.39, 0.29) is 11.6 Å². The molecule has 0 saturated heterocycles. The molecular formula is C10H8Cl2N2O2. The zero-order valence-electron chi connectivity index (χ0n) is 8.62. The molecule has 0 fully saturated rings. The lowest BCUT2D eigenvalue weighted by Gasteiger charge is -2.09. The molecule has 0 saturated carbocycles. The first kappa shape index (κ1) is 11.2. The first-order valence-corrected chi connectivity index (χ1v) is 5.20. The minimum Gasteiger partial charge on any atom is -0.398 e. The Morgan fingerprint density at radius 1 is 1.31 bits per heavy atom. The highest BCUT2D eigenvalue weighted by Gasteiger charge is 2.33. The Morgan fingerprint density at radius 3 is 2.56 bits per heavy atom. The Labute approximate surface area is 102 Å². The molecule has 1 amide bonds. The van der Waals surface area contributed by atoms with Gasteiger partial charge in [0.1, 0.15) is 7.11 Å². The lowest BCUT2D eigenvalue weighted by atomic mass is 10.1. The molecule has 0 unspecified atom stereocenters. The predicted octanol–water partition coefficient (Wildman–Crippen LogP) is 2.32. The van der Waals surface area contributed by atoms with Crippen molar-refractivity contribution < 1.29 is 9.63 Å². The quantitative estimate of drug-likeness (QED) is 0.726. The van der Waals surface area contributed by atoms with Crippen LogP contribution in [0.15, 0.2) is 17.3 Å². The molecule has 0 spiro atoms. The molecule has 0 radical (unpaired) electrons. The van der Waals surface area contributed by atoms with Crippen LogP contribution < -0.4 is 4.90 Å². The molecule has 0 N–H and O–H groups in total. The Kier molecular flexibility index (Phi) is 2.78. The summed E-state index contributed by atoms with van der Waals surface area (Å²) in [7, 11) is 3.03. The average molecular weight is 259 g/mol. The van der Waals surface area contributed by atoms with Crippen molar-refractivity contribution in [2.45, 2.75) is 0 Å². The number of hydrogen-bond donors (Lipinski definition) is 0. The summed E-state index contributed by atoms with van der Waals surface area (Å²) in [4.78, 5) is 17.9. The number of carbonyl (C=O) groups is 1. The van der Waals surface area contributed by atoms with Crippen LogP contribution in [-0.2, 0) is 9.63 Å². The molecule has 1 aromatic rings. The van der Waals surface area contributed by atoms with Crippen molar-refractivity contribution >= 4 is 40.5 Å². The second-order valence-electron chi connectivity index (χ2n) is 3.27. The van der Waals surface area contributed by atoms with Crippen LogP contribution in [0.5, 0.6) is 0 Å². The fourth-order valence-corrected chi connectivity index (χ4v) is 1.89. The minimum atomic E-state index is -0.241. The van der Waals surface area contributed by atoms with Crippen LogP contribution in [0, 0.1) is 0 Å². The van der Waals surface area contributed by atoms with E-state index in [0.717, 1.165) is 0 Å². The van der Waals surface area contributed by atoms with Crippen molar-refractivity contribution in [1.29, 1.82) is 0 Å². The fraction of sp³-hybridized carbons (Fsp3) is 0.200. The summed E-state index contributed by atoms with van der Waals surface area (Å²) in [6, 6.07) is 3.24. The van der Waals surface area contributed by atoms with Crippen LogP contribution in [0.4, 0.5) is 5.69 Å². The number of nitrogens with zero attached hydrogens (tertiary/aromatic N) is 2. The summed E-state index contributed by atoms with van der Waals surface area (Å²) in [6.07, 6.45) is 0. The minimum absolute atomic E-state index is 0.235. The molecule has 4 nitrogen and oxygen atoms in total. The van der Waals surface area contributed by atoms with Gasteiger partial charge in [0.15, 0.2) is 5.71 Å². The number of likely N-dealkylation sites (N-methyl/N-ethyl adjacent to an activating group) is 1. The van der Waals surface area contributed by atoms with E-state index in [1.54, 1.807) is 19.2 Å². The highest BCUT2D eigenvalue weighted by Crippen LogP contribution is 2.35. The van der Waals surface area contributed by atoms with Gasteiger partial charge in [0.05, 0.1) is 15.7 Å². The van der Waals surface area contributed by atoms with Gasteiger partial charge >= 0.3 is 0 Å². The lowest BCUT2D eigenvalue weighted by molar-refractivity contribution is -0.112. The van der Waals surface area contributed by atoms with Crippen molar-refractivity contribution in [3.8, 4) is 0 Å². The third-order valence-corrected chi connectivity index (χ3v) is 3.07. The number of benzene rings is 1. The van der Waals surface area contributed by atoms with E-state index in [2.05, 4.69) is 9.99 Å². The molecule has 6 heteroatoms. The Morgan fingerprint density at radius 2 is 1.94 bits per heavy atom. The van der Waals surface area contributed by atoms with Crippen LogP contribution in [-0.4, -0.2) is 25.8 Å². The van der Waals surface area contributed by atoms with E-state index in [0.29, 0.717) is 21.3 Å². The monoisotopic (exact) mass is 258 g/mol. The number of anilines is 1. The topological polar surface area (TPSA) is 41.9 Å². The van der Waals surface area contributed by atoms with Crippen LogP contribution in [0.2, 0.25) is 10.0 Å². The van der Waals surface area contributed by atoms with Gasteiger partial charge < -0.3 is 9.74 Å². The second-order valence-corrected chi connectivity index (χ2v) is 4.08. The molecule has 0 aliphatic carbocycles. The van der Waals surface area contributed by atoms with Gasteiger partial charge in [0.25, 0.3) is 5.91 Å². The fourth-order valence-electron chi connectivity index (χ4n) is 1.57. The van der Waals surface area contributed by atoms with Crippen LogP contribution >= 0.6 is 23.2 Å². The van der Waals surface area contributed by atoms with Crippen molar-refractivity contribution in [2.24, 2.45) is 5.16 Å². The van der Waals surface area contributed by atoms with E-state index < -0.39 is 0 Å². The molecule has 1 aliphatic heterocycles. The van der Waals surface area contributed by atoms with Crippen molar-refractivity contribution in [1.82, 2.24) is 0 Å². The zero-order chi connectivity index (χ0) is 11.9. The van der Waals surface area contributed by atoms with E-state index >= 15 is 0 Å². The summed E-state index contributed by atoms with van der Waals surface area (Å²) in [5, 5.41) is 4.47. The molecule has 1 aliphatic rings. The normalized spacial score (nSPS) is 16.9. The average Bonchev–Trinajstić information content (AvgIpc) is 2.46. The van der Waals surface area contributed by atoms with Crippen molar-refractivity contribution in [3.05, 3.63) is 27.7 Å². The summed E-state index contributed by atoms with van der Waals surface area (Å²) >= 11 is 11.8. The smallest absolute Gasteiger partial charge is 0.280 e. The van der Waals surface area contributed by atoms with Gasteiger partial charge in [0.2, 0.25) is 0 Å². The first-order valence-electron chi connectivity index (χ1n) is 4.45. The van der Waals surface area contributed by atoms with Crippen molar-refractivity contribution in [2.75, 3.05) is 19.1 Å². The van der Waals surface area contributed by atoms with Gasteiger partial charge in [-0.3, -0.25) is 4.79 Å². The standard InChI is InChI=1S/C10H8Cl2N2O2/c1-14-8-4-7(12)6(11)3-5(8)9(10(14)15)13-16-2/h3-4H,1-2H3/b13-9-. The molecular weight excluding hydrogens is 251 g/mol. The molecule has 2 rings (SSSR count). The number of oxime groups is 1. The van der Waals surface area contributed by atoms with E-state index in [1.807, 2.05) is 0 Å². The highest BCUT2D eigenvalue weighted by atomic mass is 35.5. The maximum atomic E-state index is 11.8. The molecule has 0 bridgehead atoms. The number of amides is 1. The third-order valence-electron chi connectivity index (χ3n) is 2.34. The largest absolute Gasteiger partial charge is 0.398 e. The summed E-state index contributed by atoms with van der Waals surface area (Å²) in [6.45, 7) is 0. The maximum Gasteiger partial charge on any atom is 0.280 e. The van der Waals surface area contributed by atoms with Gasteiger partial charge in [-0.05, 0) is 12.1 Å². The first-order chi connectivity index (χ1) is 7.56. The molecule has 0 atom stereocenters. The second kappa shape index (κ2) is 3.96. The highest BCUT2D eigenvalue weighted by molar-refractivity contribution is 6.55. The Balaban J connectivity index is 2.66. The number of hydrogen-bond acceptors (Lipinski definition) is 3. The van der Waals surface area contributed by atoms with Crippen LogP contribution in [0.3, 0.4) is 0 Å². The third kappa shape index (κ3) is 1.54. The van der Waals surface area contributed by atoms with Gasteiger partial charge in [-0.2, -0.15) is 0 Å². The number of halogens is 2. The van der Waals surface area contributed by atoms with Gasteiger partial charge in [0, 0.05) is 12.6 Å². The van der Waals surface area contributed by atoms with Crippen LogP contribution in [0.25, 0.3) is 0 Å². The van der Waals surface area contributed by atoms with Gasteiger partial charge in [-0.25, -0.2) is 0 Å². The van der Waals surface area contributed by atoms with E-state index in [9.17, 15) is 4.79 Å². The number of rotatable bonds is 1. The predicted molar refractivity (Wildman–Crippen MR) is 63.4 cm³/mol. The zero-order valence-corrected chi connectivity index (χ0v) is 10.1. The SMILES string of the molecule is CO/N=C1\C(=O)N(C)c2cc(Cl)c(Cl)cc21. The molecule has 84 valence electrons. The Bertz CT molecular complexity index is 500. The number of carbonyl (C=O) groups excluding carboxylic acids is 1. The maximum absolute atomic E-state index is 11.8. The molecule has 0 aromatic heterocycles. The Hall–Kier alpha value is -1.26. The van der Waals surface area contributed by atoms with E-state index in [1.165, 1.54) is 12.0 Å². The summed E-state index contributed by atoms with van der Waals surface area (Å²) in [5.74, 6) is -0.241.